The molecule has 102 valence electrons. The summed E-state index contributed by atoms with van der Waals surface area (Å²) in [6.45, 7) is 3.77. The van der Waals surface area contributed by atoms with Crippen molar-refractivity contribution in [1.82, 2.24) is 0 Å². The fraction of sp³-hybridized carbons (Fsp3) is 0.385. The summed E-state index contributed by atoms with van der Waals surface area (Å²) in [5, 5.41) is 3.30. The summed E-state index contributed by atoms with van der Waals surface area (Å²) in [6.07, 6.45) is 0. The van der Waals surface area contributed by atoms with E-state index in [9.17, 15) is 9.59 Å². The van der Waals surface area contributed by atoms with E-state index in [0.717, 1.165) is 0 Å². The van der Waals surface area contributed by atoms with Crippen LogP contribution in [0.25, 0.3) is 0 Å². The molecule has 1 unspecified atom stereocenters. The Labute approximate surface area is 121 Å². The molecule has 0 fully saturated rings. The number of nitrogens with zero attached hydrogens (tertiary/aromatic N) is 1. The maximum Gasteiger partial charge on any atom is 0.247 e. The molecular formula is C13H14Cl2N2O2. The number of nitrogens with one attached hydrogen (secondary N) is 1. The molecule has 1 aromatic carbocycles. The van der Waals surface area contributed by atoms with Gasteiger partial charge in [-0.2, -0.15) is 0 Å². The molecule has 0 aliphatic carbocycles. The number of carbonyl (C=O) groups is 2. The quantitative estimate of drug-likeness (QED) is 0.854. The molecule has 1 atom stereocenters. The maximum absolute atomic E-state index is 12.1. The highest BCUT2D eigenvalue weighted by molar-refractivity contribution is 6.32. The molecule has 2 rings (SSSR count). The van der Waals surface area contributed by atoms with Gasteiger partial charge in [0.05, 0.1) is 11.4 Å². The van der Waals surface area contributed by atoms with Gasteiger partial charge < -0.3 is 5.32 Å². The van der Waals surface area contributed by atoms with Crippen LogP contribution in [0.5, 0.6) is 0 Å². The first kappa shape index (κ1) is 14.2. The number of fused-ring (bicyclic) bond motifs is 1. The summed E-state index contributed by atoms with van der Waals surface area (Å²) < 4.78 is 0. The third-order valence-corrected chi connectivity index (χ3v) is 3.50. The van der Waals surface area contributed by atoms with Gasteiger partial charge in [0.25, 0.3) is 0 Å². The van der Waals surface area contributed by atoms with Crippen molar-refractivity contribution >= 4 is 46.4 Å². The van der Waals surface area contributed by atoms with E-state index < -0.39 is 6.04 Å². The molecule has 0 bridgehead atoms. The molecule has 2 amide bonds. The van der Waals surface area contributed by atoms with Gasteiger partial charge in [-0.1, -0.05) is 25.4 Å². The van der Waals surface area contributed by atoms with E-state index in [-0.39, 0.29) is 23.6 Å². The van der Waals surface area contributed by atoms with Crippen LogP contribution in [0, 0.1) is 5.92 Å². The van der Waals surface area contributed by atoms with Gasteiger partial charge in [0.2, 0.25) is 11.8 Å². The van der Waals surface area contributed by atoms with Crippen molar-refractivity contribution in [1.29, 1.82) is 0 Å². The van der Waals surface area contributed by atoms with Crippen LogP contribution in [0.15, 0.2) is 18.2 Å². The minimum atomic E-state index is -0.572. The fourth-order valence-electron chi connectivity index (χ4n) is 2.24. The summed E-state index contributed by atoms with van der Waals surface area (Å²) >= 11 is 11.6. The molecule has 1 N–H and O–H groups in total. The van der Waals surface area contributed by atoms with Crippen molar-refractivity contribution in [3.63, 3.8) is 0 Å². The van der Waals surface area contributed by atoms with Crippen LogP contribution in [0.2, 0.25) is 5.02 Å². The molecular weight excluding hydrogens is 287 g/mol. The Balaban J connectivity index is 2.57. The lowest BCUT2D eigenvalue weighted by atomic mass is 9.97. The number of rotatable bonds is 2. The first-order valence-corrected chi connectivity index (χ1v) is 6.85. The van der Waals surface area contributed by atoms with E-state index in [4.69, 9.17) is 23.2 Å². The lowest BCUT2D eigenvalue weighted by Gasteiger charge is -2.38. The van der Waals surface area contributed by atoms with Crippen LogP contribution in [0.3, 0.4) is 0 Å². The highest BCUT2D eigenvalue weighted by Gasteiger charge is 2.38. The van der Waals surface area contributed by atoms with E-state index >= 15 is 0 Å². The largest absolute Gasteiger partial charge is 0.322 e. The standard InChI is InChI=1S/C13H14Cl2N2O2/c1-7(2)12-13(19)16-9-4-3-8(15)5-10(9)17(12)11(18)6-14/h3-5,7,12H,6H2,1-2H3,(H,16,19). The molecule has 1 aliphatic heterocycles. The van der Waals surface area contributed by atoms with Crippen molar-refractivity contribution in [2.24, 2.45) is 5.92 Å². The number of hydrogen-bond acceptors (Lipinski definition) is 2. The zero-order chi connectivity index (χ0) is 14.2. The summed E-state index contributed by atoms with van der Waals surface area (Å²) in [7, 11) is 0. The second kappa shape index (κ2) is 5.39. The Morgan fingerprint density at radius 3 is 2.74 bits per heavy atom. The SMILES string of the molecule is CC(C)C1C(=O)Nc2ccc(Cl)cc2N1C(=O)CCl. The van der Waals surface area contributed by atoms with Gasteiger partial charge in [0.1, 0.15) is 11.9 Å². The molecule has 0 aromatic heterocycles. The monoisotopic (exact) mass is 300 g/mol. The normalized spacial score (nSPS) is 18.3. The van der Waals surface area contributed by atoms with Crippen molar-refractivity contribution < 1.29 is 9.59 Å². The second-order valence-electron chi connectivity index (χ2n) is 4.74. The van der Waals surface area contributed by atoms with Crippen LogP contribution in [0.1, 0.15) is 13.8 Å². The summed E-state index contributed by atoms with van der Waals surface area (Å²) in [5.74, 6) is -0.719. The van der Waals surface area contributed by atoms with Gasteiger partial charge in [-0.15, -0.1) is 11.6 Å². The molecule has 0 radical (unpaired) electrons. The summed E-state index contributed by atoms with van der Waals surface area (Å²) in [4.78, 5) is 25.6. The summed E-state index contributed by atoms with van der Waals surface area (Å²) in [5.41, 5.74) is 1.17. The zero-order valence-electron chi connectivity index (χ0n) is 10.6. The Morgan fingerprint density at radius 2 is 2.16 bits per heavy atom. The molecule has 1 heterocycles. The third-order valence-electron chi connectivity index (χ3n) is 3.04. The average Bonchev–Trinajstić information content (AvgIpc) is 2.36. The number of hydrogen-bond donors (Lipinski definition) is 1. The van der Waals surface area contributed by atoms with Crippen LogP contribution < -0.4 is 10.2 Å². The lowest BCUT2D eigenvalue weighted by molar-refractivity contribution is -0.123. The molecule has 1 aromatic rings. The molecule has 1 aliphatic rings. The minimum Gasteiger partial charge on any atom is -0.322 e. The van der Waals surface area contributed by atoms with E-state index in [0.29, 0.717) is 16.4 Å². The number of benzene rings is 1. The smallest absolute Gasteiger partial charge is 0.247 e. The maximum atomic E-state index is 12.1. The minimum absolute atomic E-state index is 0.0284. The zero-order valence-corrected chi connectivity index (χ0v) is 12.1. The molecule has 6 heteroatoms. The Bertz CT molecular complexity index is 531. The number of carbonyl (C=O) groups excluding carboxylic acids is 2. The lowest BCUT2D eigenvalue weighted by Crippen LogP contribution is -2.54. The van der Waals surface area contributed by atoms with Crippen LogP contribution in [0.4, 0.5) is 11.4 Å². The average molecular weight is 301 g/mol. The molecule has 4 nitrogen and oxygen atoms in total. The molecule has 0 spiro atoms. The first-order valence-electron chi connectivity index (χ1n) is 5.94. The summed E-state index contributed by atoms with van der Waals surface area (Å²) in [6, 6.07) is 4.44. The van der Waals surface area contributed by atoms with E-state index in [2.05, 4.69) is 5.32 Å². The predicted molar refractivity (Wildman–Crippen MR) is 76.9 cm³/mol. The Morgan fingerprint density at radius 1 is 1.47 bits per heavy atom. The van der Waals surface area contributed by atoms with E-state index in [1.165, 1.54) is 4.90 Å². The van der Waals surface area contributed by atoms with Gasteiger partial charge in [-0.25, -0.2) is 0 Å². The van der Waals surface area contributed by atoms with Gasteiger partial charge in [-0.05, 0) is 24.1 Å². The van der Waals surface area contributed by atoms with E-state index in [1.54, 1.807) is 18.2 Å². The highest BCUT2D eigenvalue weighted by Crippen LogP contribution is 2.36. The van der Waals surface area contributed by atoms with Crippen molar-refractivity contribution in [3.05, 3.63) is 23.2 Å². The van der Waals surface area contributed by atoms with Crippen molar-refractivity contribution in [2.75, 3.05) is 16.1 Å². The molecule has 19 heavy (non-hydrogen) atoms. The Kier molecular flexibility index (Phi) is 4.02. The number of alkyl halides is 1. The first-order chi connectivity index (χ1) is 8.95. The molecule has 0 saturated heterocycles. The number of halogens is 2. The van der Waals surface area contributed by atoms with Gasteiger partial charge >= 0.3 is 0 Å². The van der Waals surface area contributed by atoms with Crippen molar-refractivity contribution in [2.45, 2.75) is 19.9 Å². The van der Waals surface area contributed by atoms with Crippen LogP contribution in [-0.2, 0) is 9.59 Å². The third kappa shape index (κ3) is 2.55. The van der Waals surface area contributed by atoms with Crippen LogP contribution >= 0.6 is 23.2 Å². The number of anilines is 2. The van der Waals surface area contributed by atoms with E-state index in [1.807, 2.05) is 13.8 Å². The topological polar surface area (TPSA) is 49.4 Å². The number of amides is 2. The fourth-order valence-corrected chi connectivity index (χ4v) is 2.53. The van der Waals surface area contributed by atoms with Gasteiger partial charge in [0.15, 0.2) is 0 Å². The Hall–Kier alpha value is -1.26. The predicted octanol–water partition coefficient (Wildman–Crippen LogP) is 2.89. The van der Waals surface area contributed by atoms with Crippen molar-refractivity contribution in [3.8, 4) is 0 Å². The van der Waals surface area contributed by atoms with Gasteiger partial charge in [-0.3, -0.25) is 14.5 Å². The molecule has 0 saturated carbocycles. The van der Waals surface area contributed by atoms with Crippen LogP contribution in [-0.4, -0.2) is 23.7 Å². The second-order valence-corrected chi connectivity index (χ2v) is 5.44. The highest BCUT2D eigenvalue weighted by atomic mass is 35.5. The van der Waals surface area contributed by atoms with Gasteiger partial charge in [0, 0.05) is 5.02 Å².